The summed E-state index contributed by atoms with van der Waals surface area (Å²) in [6, 6.07) is 14.7. The van der Waals surface area contributed by atoms with Gasteiger partial charge in [-0.1, -0.05) is 30.3 Å². The highest BCUT2D eigenvalue weighted by Gasteiger charge is 2.37. The number of carbonyl (C=O) groups excluding carboxylic acids is 2. The van der Waals surface area contributed by atoms with Crippen LogP contribution in [0.5, 0.6) is 0 Å². The van der Waals surface area contributed by atoms with Crippen molar-refractivity contribution in [3.63, 3.8) is 0 Å². The molecule has 0 saturated carbocycles. The molecule has 0 bridgehead atoms. The van der Waals surface area contributed by atoms with E-state index in [1.54, 1.807) is 41.3 Å². The molecule has 1 fully saturated rings. The van der Waals surface area contributed by atoms with Crippen LogP contribution in [0.1, 0.15) is 22.3 Å². The monoisotopic (exact) mass is 387 g/mol. The fourth-order valence-corrected chi connectivity index (χ4v) is 3.46. The predicted octanol–water partition coefficient (Wildman–Crippen LogP) is 0.907. The zero-order valence-electron chi connectivity index (χ0n) is 14.7. The topological polar surface area (TPSA) is 110 Å². The van der Waals surface area contributed by atoms with Crippen LogP contribution < -0.4 is 10.5 Å². The zero-order valence-corrected chi connectivity index (χ0v) is 15.5. The molecule has 2 aromatic carbocycles. The normalized spacial score (nSPS) is 16.5. The first-order chi connectivity index (χ1) is 12.9. The van der Waals surface area contributed by atoms with E-state index in [4.69, 9.17) is 5.14 Å². The van der Waals surface area contributed by atoms with Gasteiger partial charge >= 0.3 is 0 Å². The number of hydrogen-bond acceptors (Lipinski definition) is 4. The van der Waals surface area contributed by atoms with Crippen molar-refractivity contribution in [1.82, 2.24) is 10.2 Å². The van der Waals surface area contributed by atoms with Crippen LogP contribution in [0.2, 0.25) is 0 Å². The van der Waals surface area contributed by atoms with Crippen LogP contribution in [0.4, 0.5) is 0 Å². The van der Waals surface area contributed by atoms with Gasteiger partial charge in [0.1, 0.15) is 6.04 Å². The highest BCUT2D eigenvalue weighted by Crippen LogP contribution is 2.20. The Bertz CT molecular complexity index is 927. The summed E-state index contributed by atoms with van der Waals surface area (Å²) in [6.07, 6.45) is 1.20. The van der Waals surface area contributed by atoms with Crippen molar-refractivity contribution < 1.29 is 18.0 Å². The van der Waals surface area contributed by atoms with Gasteiger partial charge in [-0.05, 0) is 42.7 Å². The molecule has 8 heteroatoms. The maximum Gasteiger partial charge on any atom is 0.254 e. The average molecular weight is 387 g/mol. The van der Waals surface area contributed by atoms with Crippen molar-refractivity contribution in [2.24, 2.45) is 5.14 Å². The third kappa shape index (κ3) is 4.53. The SMILES string of the molecule is NS(=O)(=O)c1ccc(CCNC(=O)[C@@H]2CCN2C(=O)c2ccccc2)cc1. The van der Waals surface area contributed by atoms with E-state index in [-0.39, 0.29) is 16.7 Å². The van der Waals surface area contributed by atoms with Gasteiger partial charge < -0.3 is 10.2 Å². The summed E-state index contributed by atoms with van der Waals surface area (Å²) < 4.78 is 22.5. The summed E-state index contributed by atoms with van der Waals surface area (Å²) in [7, 11) is -3.70. The molecule has 0 spiro atoms. The van der Waals surface area contributed by atoms with Crippen LogP contribution >= 0.6 is 0 Å². The first-order valence-electron chi connectivity index (χ1n) is 8.62. The number of likely N-dealkylation sites (tertiary alicyclic amines) is 1. The Kier molecular flexibility index (Phi) is 5.57. The van der Waals surface area contributed by atoms with E-state index in [9.17, 15) is 18.0 Å². The van der Waals surface area contributed by atoms with Gasteiger partial charge in [0.05, 0.1) is 4.90 Å². The van der Waals surface area contributed by atoms with Crippen molar-refractivity contribution >= 4 is 21.8 Å². The molecule has 1 heterocycles. The predicted molar refractivity (Wildman–Crippen MR) is 100 cm³/mol. The minimum atomic E-state index is -3.70. The third-order valence-electron chi connectivity index (χ3n) is 4.57. The van der Waals surface area contributed by atoms with Crippen molar-refractivity contribution in [3.8, 4) is 0 Å². The number of nitrogens with two attached hydrogens (primary N) is 1. The van der Waals surface area contributed by atoms with E-state index >= 15 is 0 Å². The van der Waals surface area contributed by atoms with Crippen LogP contribution in [0.3, 0.4) is 0 Å². The summed E-state index contributed by atoms with van der Waals surface area (Å²) in [5.41, 5.74) is 1.46. The lowest BCUT2D eigenvalue weighted by atomic mass is 10.00. The molecule has 7 nitrogen and oxygen atoms in total. The molecule has 1 aliphatic rings. The van der Waals surface area contributed by atoms with E-state index in [0.29, 0.717) is 31.5 Å². The number of carbonyl (C=O) groups is 2. The molecule has 0 unspecified atom stereocenters. The molecule has 142 valence electrons. The molecule has 2 amide bonds. The number of primary sulfonamides is 1. The Hall–Kier alpha value is -2.71. The second-order valence-electron chi connectivity index (χ2n) is 6.40. The molecule has 27 heavy (non-hydrogen) atoms. The number of benzene rings is 2. The molecule has 1 aliphatic heterocycles. The number of rotatable bonds is 6. The lowest BCUT2D eigenvalue weighted by Crippen LogP contribution is -2.58. The molecule has 0 aliphatic carbocycles. The van der Waals surface area contributed by atoms with Gasteiger partial charge in [0.2, 0.25) is 15.9 Å². The summed E-state index contributed by atoms with van der Waals surface area (Å²) in [5.74, 6) is -0.313. The number of amides is 2. The fraction of sp³-hybridized carbons (Fsp3) is 0.263. The van der Waals surface area contributed by atoms with Gasteiger partial charge in [-0.15, -0.1) is 0 Å². The number of nitrogens with one attached hydrogen (secondary N) is 1. The van der Waals surface area contributed by atoms with Crippen LogP contribution in [-0.4, -0.2) is 44.3 Å². The minimum absolute atomic E-state index is 0.0554. The molecule has 1 saturated heterocycles. The van der Waals surface area contributed by atoms with Crippen LogP contribution in [-0.2, 0) is 21.2 Å². The van der Waals surface area contributed by atoms with Gasteiger partial charge in [0, 0.05) is 18.7 Å². The highest BCUT2D eigenvalue weighted by atomic mass is 32.2. The van der Waals surface area contributed by atoms with Gasteiger partial charge in [-0.2, -0.15) is 0 Å². The number of nitrogens with zero attached hydrogens (tertiary/aromatic N) is 1. The number of hydrogen-bond donors (Lipinski definition) is 2. The Morgan fingerprint density at radius 3 is 2.30 bits per heavy atom. The molecule has 1 atom stereocenters. The van der Waals surface area contributed by atoms with Crippen molar-refractivity contribution in [1.29, 1.82) is 0 Å². The lowest BCUT2D eigenvalue weighted by molar-refractivity contribution is -0.129. The molecule has 0 aromatic heterocycles. The molecular formula is C19H21N3O4S. The Balaban J connectivity index is 1.50. The smallest absolute Gasteiger partial charge is 0.254 e. The molecule has 3 rings (SSSR count). The van der Waals surface area contributed by atoms with E-state index in [2.05, 4.69) is 5.32 Å². The first-order valence-corrected chi connectivity index (χ1v) is 10.2. The summed E-state index contributed by atoms with van der Waals surface area (Å²) in [6.45, 7) is 0.970. The van der Waals surface area contributed by atoms with E-state index in [1.165, 1.54) is 12.1 Å². The van der Waals surface area contributed by atoms with Crippen LogP contribution in [0.25, 0.3) is 0 Å². The molecule has 2 aromatic rings. The number of sulfonamides is 1. The van der Waals surface area contributed by atoms with Crippen LogP contribution in [0, 0.1) is 0 Å². The first kappa shape index (κ1) is 19.1. The van der Waals surface area contributed by atoms with E-state index < -0.39 is 16.1 Å². The second kappa shape index (κ2) is 7.89. The van der Waals surface area contributed by atoms with Crippen molar-refractivity contribution in [2.45, 2.75) is 23.8 Å². The summed E-state index contributed by atoms with van der Waals surface area (Å²) >= 11 is 0. The summed E-state index contributed by atoms with van der Waals surface area (Å²) in [4.78, 5) is 26.4. The fourth-order valence-electron chi connectivity index (χ4n) is 2.94. The zero-order chi connectivity index (χ0) is 19.4. The Morgan fingerprint density at radius 2 is 1.74 bits per heavy atom. The Morgan fingerprint density at radius 1 is 1.07 bits per heavy atom. The van der Waals surface area contributed by atoms with E-state index in [0.717, 1.165) is 5.56 Å². The molecular weight excluding hydrogens is 366 g/mol. The van der Waals surface area contributed by atoms with Crippen LogP contribution in [0.15, 0.2) is 59.5 Å². The van der Waals surface area contributed by atoms with Gasteiger partial charge in [-0.3, -0.25) is 9.59 Å². The minimum Gasteiger partial charge on any atom is -0.354 e. The maximum atomic E-state index is 12.4. The maximum absolute atomic E-state index is 12.4. The average Bonchev–Trinajstić information content (AvgIpc) is 2.61. The van der Waals surface area contributed by atoms with Crippen molar-refractivity contribution in [3.05, 3.63) is 65.7 Å². The second-order valence-corrected chi connectivity index (χ2v) is 7.96. The highest BCUT2D eigenvalue weighted by molar-refractivity contribution is 7.89. The lowest BCUT2D eigenvalue weighted by Gasteiger charge is -2.39. The van der Waals surface area contributed by atoms with Gasteiger partial charge in [-0.25, -0.2) is 13.6 Å². The standard InChI is InChI=1S/C19H21N3O4S/c20-27(25,26)16-8-6-14(7-9-16)10-12-21-18(23)17-11-13-22(17)19(24)15-4-2-1-3-5-15/h1-9,17H,10-13H2,(H,21,23)(H2,20,25,26)/t17-/m0/s1. The quantitative estimate of drug-likeness (QED) is 0.768. The van der Waals surface area contributed by atoms with Gasteiger partial charge in [0.25, 0.3) is 5.91 Å². The van der Waals surface area contributed by atoms with Gasteiger partial charge in [0.15, 0.2) is 0 Å². The molecule has 3 N–H and O–H groups in total. The van der Waals surface area contributed by atoms with Crippen molar-refractivity contribution in [2.75, 3.05) is 13.1 Å². The third-order valence-corrected chi connectivity index (χ3v) is 5.50. The summed E-state index contributed by atoms with van der Waals surface area (Å²) in [5, 5.41) is 7.90. The van der Waals surface area contributed by atoms with E-state index in [1.807, 2.05) is 6.07 Å². The Labute approximate surface area is 158 Å². The largest absolute Gasteiger partial charge is 0.354 e. The molecule has 0 radical (unpaired) electrons.